The van der Waals surface area contributed by atoms with Gasteiger partial charge in [-0.3, -0.25) is 9.59 Å². The van der Waals surface area contributed by atoms with Crippen LogP contribution in [0.1, 0.15) is 309 Å². The minimum absolute atomic E-state index is 0.00140. The van der Waals surface area contributed by atoms with Crippen LogP contribution in [0.5, 0.6) is 0 Å². The second-order valence-electron chi connectivity index (χ2n) is 20.0. The Balaban J connectivity index is 3.44. The zero-order chi connectivity index (χ0) is 47.9. The molecule has 0 aromatic heterocycles. The van der Waals surface area contributed by atoms with Crippen LogP contribution in [0.25, 0.3) is 0 Å². The highest BCUT2D eigenvalue weighted by atomic mass is 16.5. The molecule has 0 fully saturated rings. The molecule has 66 heavy (non-hydrogen) atoms. The predicted molar refractivity (Wildman–Crippen MR) is 287 cm³/mol. The zero-order valence-electron chi connectivity index (χ0n) is 44.2. The van der Waals surface area contributed by atoms with Crippen LogP contribution in [0, 0.1) is 0 Å². The average molecular weight is 929 g/mol. The second-order valence-corrected chi connectivity index (χ2v) is 20.0. The number of unbranched alkanes of at least 4 members (excludes halogenated alkanes) is 39. The van der Waals surface area contributed by atoms with Crippen LogP contribution < -0.4 is 5.32 Å². The van der Waals surface area contributed by atoms with E-state index in [0.29, 0.717) is 19.4 Å². The molecule has 6 nitrogen and oxygen atoms in total. The molecule has 0 aliphatic heterocycles. The van der Waals surface area contributed by atoms with E-state index in [-0.39, 0.29) is 18.5 Å². The molecule has 0 aliphatic rings. The summed E-state index contributed by atoms with van der Waals surface area (Å²) in [5.41, 5.74) is 0. The fourth-order valence-corrected chi connectivity index (χ4v) is 8.86. The van der Waals surface area contributed by atoms with Crippen LogP contribution in [-0.4, -0.2) is 47.4 Å². The lowest BCUT2D eigenvalue weighted by molar-refractivity contribution is -0.143. The van der Waals surface area contributed by atoms with Gasteiger partial charge in [0, 0.05) is 12.8 Å². The number of esters is 1. The molecular weight excluding hydrogens is 815 g/mol. The second kappa shape index (κ2) is 55.7. The normalized spacial score (nSPS) is 12.8. The third-order valence-electron chi connectivity index (χ3n) is 13.4. The molecule has 0 aromatic rings. The van der Waals surface area contributed by atoms with Crippen molar-refractivity contribution in [3.63, 3.8) is 0 Å². The van der Waals surface area contributed by atoms with Gasteiger partial charge >= 0.3 is 5.97 Å². The molecule has 1 amide bonds. The van der Waals surface area contributed by atoms with Crippen molar-refractivity contribution in [3.05, 3.63) is 36.5 Å². The van der Waals surface area contributed by atoms with E-state index in [0.717, 1.165) is 57.8 Å². The van der Waals surface area contributed by atoms with Crippen LogP contribution in [-0.2, 0) is 14.3 Å². The lowest BCUT2D eigenvalue weighted by atomic mass is 10.1. The Morgan fingerprint density at radius 2 is 0.712 bits per heavy atom. The summed E-state index contributed by atoms with van der Waals surface area (Å²) in [6.07, 6.45) is 68.8. The molecular formula is C60H113NO5. The number of aliphatic hydroxyl groups is 2. The first-order chi connectivity index (χ1) is 32.5. The van der Waals surface area contributed by atoms with Crippen molar-refractivity contribution < 1.29 is 24.5 Å². The van der Waals surface area contributed by atoms with Crippen molar-refractivity contribution in [3.8, 4) is 0 Å². The number of nitrogens with one attached hydrogen (secondary N) is 1. The molecule has 0 aromatic carbocycles. The quantitative estimate of drug-likeness (QED) is 0.0321. The molecule has 0 radical (unpaired) electrons. The average Bonchev–Trinajstić information content (AvgIpc) is 3.32. The zero-order valence-corrected chi connectivity index (χ0v) is 44.2. The monoisotopic (exact) mass is 928 g/mol. The molecule has 2 atom stereocenters. The number of aliphatic hydroxyl groups excluding tert-OH is 2. The van der Waals surface area contributed by atoms with E-state index in [1.165, 1.54) is 225 Å². The fourth-order valence-electron chi connectivity index (χ4n) is 8.86. The SMILES string of the molecule is CCCCCCCC/C=C\CCCCCCCCCCCC(=O)OCCCCCCCCCCC/C=C\CCCCCCCC(=O)NC(CO)C(O)/C=C/CCCCCCCCCCCC. The highest BCUT2D eigenvalue weighted by molar-refractivity contribution is 5.76. The van der Waals surface area contributed by atoms with E-state index in [1.807, 2.05) is 6.08 Å². The summed E-state index contributed by atoms with van der Waals surface area (Å²) in [7, 11) is 0. The topological polar surface area (TPSA) is 95.9 Å². The smallest absolute Gasteiger partial charge is 0.305 e. The number of amides is 1. The largest absolute Gasteiger partial charge is 0.466 e. The van der Waals surface area contributed by atoms with Crippen molar-refractivity contribution in [1.82, 2.24) is 5.32 Å². The summed E-state index contributed by atoms with van der Waals surface area (Å²) in [5.74, 6) is -0.0817. The van der Waals surface area contributed by atoms with E-state index < -0.39 is 12.1 Å². The molecule has 3 N–H and O–H groups in total. The minimum atomic E-state index is -0.852. The molecule has 0 spiro atoms. The number of carbonyl (C=O) groups excluding carboxylic acids is 2. The summed E-state index contributed by atoms with van der Waals surface area (Å²) >= 11 is 0. The van der Waals surface area contributed by atoms with Crippen LogP contribution in [0.3, 0.4) is 0 Å². The molecule has 0 saturated carbocycles. The van der Waals surface area contributed by atoms with Crippen molar-refractivity contribution in [2.45, 2.75) is 321 Å². The number of ether oxygens (including phenoxy) is 1. The van der Waals surface area contributed by atoms with Gasteiger partial charge in [-0.1, -0.05) is 249 Å². The maximum atomic E-state index is 12.4. The molecule has 6 heteroatoms. The number of rotatable bonds is 54. The van der Waals surface area contributed by atoms with Gasteiger partial charge in [-0.05, 0) is 83.5 Å². The summed E-state index contributed by atoms with van der Waals surface area (Å²) in [4.78, 5) is 24.5. The Morgan fingerprint density at radius 3 is 1.08 bits per heavy atom. The fraction of sp³-hybridized carbons (Fsp3) is 0.867. The summed E-state index contributed by atoms with van der Waals surface area (Å²) < 4.78 is 5.49. The van der Waals surface area contributed by atoms with Gasteiger partial charge < -0.3 is 20.3 Å². The molecule has 388 valence electrons. The van der Waals surface area contributed by atoms with Gasteiger partial charge in [0.05, 0.1) is 25.4 Å². The Bertz CT molecular complexity index is 1070. The lowest BCUT2D eigenvalue weighted by Gasteiger charge is -2.20. The number of hydrogen-bond acceptors (Lipinski definition) is 5. The highest BCUT2D eigenvalue weighted by Crippen LogP contribution is 2.16. The van der Waals surface area contributed by atoms with Crippen LogP contribution in [0.15, 0.2) is 36.5 Å². The van der Waals surface area contributed by atoms with Crippen molar-refractivity contribution in [1.29, 1.82) is 0 Å². The van der Waals surface area contributed by atoms with E-state index in [4.69, 9.17) is 4.74 Å². The number of allylic oxidation sites excluding steroid dienone is 5. The third-order valence-corrected chi connectivity index (χ3v) is 13.4. The van der Waals surface area contributed by atoms with Crippen molar-refractivity contribution >= 4 is 11.9 Å². The molecule has 0 rings (SSSR count). The van der Waals surface area contributed by atoms with Gasteiger partial charge in [-0.25, -0.2) is 0 Å². The number of hydrogen-bond donors (Lipinski definition) is 3. The first-order valence-corrected chi connectivity index (χ1v) is 29.3. The van der Waals surface area contributed by atoms with E-state index in [1.54, 1.807) is 6.08 Å². The number of carbonyl (C=O) groups is 2. The predicted octanol–water partition coefficient (Wildman–Crippen LogP) is 18.0. The van der Waals surface area contributed by atoms with Gasteiger partial charge in [0.15, 0.2) is 0 Å². The highest BCUT2D eigenvalue weighted by Gasteiger charge is 2.18. The lowest BCUT2D eigenvalue weighted by Crippen LogP contribution is -2.45. The van der Waals surface area contributed by atoms with E-state index >= 15 is 0 Å². The third kappa shape index (κ3) is 51.5. The van der Waals surface area contributed by atoms with E-state index in [2.05, 4.69) is 43.5 Å². The van der Waals surface area contributed by atoms with Crippen LogP contribution in [0.4, 0.5) is 0 Å². The molecule has 0 saturated heterocycles. The van der Waals surface area contributed by atoms with Crippen LogP contribution >= 0.6 is 0 Å². The van der Waals surface area contributed by atoms with Gasteiger partial charge in [0.2, 0.25) is 5.91 Å². The summed E-state index contributed by atoms with van der Waals surface area (Å²) in [6.45, 7) is 4.88. The Morgan fingerprint density at radius 1 is 0.409 bits per heavy atom. The molecule has 0 aliphatic carbocycles. The summed E-state index contributed by atoms with van der Waals surface area (Å²) in [6, 6.07) is -0.637. The van der Waals surface area contributed by atoms with E-state index in [9.17, 15) is 19.8 Å². The first kappa shape index (κ1) is 64.1. The maximum Gasteiger partial charge on any atom is 0.305 e. The Hall–Kier alpha value is -1.92. The molecule has 2 unspecified atom stereocenters. The van der Waals surface area contributed by atoms with Crippen molar-refractivity contribution in [2.24, 2.45) is 0 Å². The first-order valence-electron chi connectivity index (χ1n) is 29.3. The van der Waals surface area contributed by atoms with Gasteiger partial charge in [0.1, 0.15) is 0 Å². The van der Waals surface area contributed by atoms with Crippen molar-refractivity contribution in [2.75, 3.05) is 13.2 Å². The maximum absolute atomic E-state index is 12.4. The molecule has 0 heterocycles. The Labute approximate surface area is 411 Å². The minimum Gasteiger partial charge on any atom is -0.466 e. The van der Waals surface area contributed by atoms with Crippen LogP contribution in [0.2, 0.25) is 0 Å². The standard InChI is InChI=1S/C60H113NO5/c1-3-5-7-9-11-13-15-17-18-19-20-24-27-30-34-38-42-46-50-54-60(65)66-55-51-47-43-39-35-31-28-25-22-21-23-26-29-33-37-41-45-49-53-59(64)61-57(56-62)58(63)52-48-44-40-36-32-16-14-12-10-8-6-4-2/h17-18,23,26,48,52,57-58,62-63H,3-16,19-22,24-25,27-47,49-51,53-56H2,1-2H3,(H,61,64)/b18-17-,26-23-,52-48+. The van der Waals surface area contributed by atoms with Gasteiger partial charge in [-0.2, -0.15) is 0 Å². The Kier molecular flexibility index (Phi) is 54.1. The van der Waals surface area contributed by atoms with Gasteiger partial charge in [0.25, 0.3) is 0 Å². The molecule has 0 bridgehead atoms. The van der Waals surface area contributed by atoms with Gasteiger partial charge in [-0.15, -0.1) is 0 Å². The summed E-state index contributed by atoms with van der Waals surface area (Å²) in [5, 5.41) is 23.0.